The predicted octanol–water partition coefficient (Wildman–Crippen LogP) is 5.76. The van der Waals surface area contributed by atoms with E-state index in [0.29, 0.717) is 24.6 Å². The number of halogens is 3. The van der Waals surface area contributed by atoms with Gasteiger partial charge < -0.3 is 9.84 Å². The van der Waals surface area contributed by atoms with Crippen molar-refractivity contribution in [3.8, 4) is 11.5 Å². The molecule has 3 nitrogen and oxygen atoms in total. The molecule has 0 spiro atoms. The minimum atomic E-state index is -4.36. The summed E-state index contributed by atoms with van der Waals surface area (Å²) in [5.74, 6) is 0.866. The van der Waals surface area contributed by atoms with Crippen LogP contribution >= 0.6 is 0 Å². The Morgan fingerprint density at radius 3 is 1.97 bits per heavy atom. The van der Waals surface area contributed by atoms with Gasteiger partial charge >= 0.3 is 6.18 Å². The first-order valence-corrected chi connectivity index (χ1v) is 9.17. The number of alkyl halides is 3. The fraction of sp³-hybridized carbons (Fsp3) is 0.217. The van der Waals surface area contributed by atoms with Crippen LogP contribution < -0.4 is 4.74 Å². The molecular weight excluding hydrogens is 379 g/mol. The molecule has 0 unspecified atom stereocenters. The molecule has 0 bridgehead atoms. The van der Waals surface area contributed by atoms with Crippen molar-refractivity contribution >= 4 is 0 Å². The van der Waals surface area contributed by atoms with Crippen LogP contribution in [0.25, 0.3) is 0 Å². The number of aliphatic hydroxyl groups excluding tert-OH is 1. The number of hydrogen-bond donors (Lipinski definition) is 1. The highest BCUT2D eigenvalue weighted by Crippen LogP contribution is 2.31. The summed E-state index contributed by atoms with van der Waals surface area (Å²) in [4.78, 5) is 1.91. The first-order valence-electron chi connectivity index (χ1n) is 9.17. The van der Waals surface area contributed by atoms with E-state index >= 15 is 0 Å². The summed E-state index contributed by atoms with van der Waals surface area (Å²) < 4.78 is 43.5. The number of benzene rings is 3. The maximum Gasteiger partial charge on any atom is 0.416 e. The second-order valence-electron chi connectivity index (χ2n) is 6.82. The van der Waals surface area contributed by atoms with Crippen LogP contribution in [0.2, 0.25) is 0 Å². The molecule has 1 N–H and O–H groups in total. The van der Waals surface area contributed by atoms with Crippen molar-refractivity contribution in [3.63, 3.8) is 0 Å². The van der Waals surface area contributed by atoms with Crippen LogP contribution in [0.4, 0.5) is 13.2 Å². The number of aliphatic hydroxyl groups is 1. The Morgan fingerprint density at radius 1 is 0.828 bits per heavy atom. The van der Waals surface area contributed by atoms with Gasteiger partial charge in [0.2, 0.25) is 0 Å². The molecule has 3 rings (SSSR count). The zero-order valence-corrected chi connectivity index (χ0v) is 16.0. The second kappa shape index (κ2) is 9.11. The minimum Gasteiger partial charge on any atom is -0.457 e. The Bertz CT molecular complexity index is 922. The third-order valence-electron chi connectivity index (χ3n) is 4.60. The van der Waals surface area contributed by atoms with Crippen LogP contribution in [0.15, 0.2) is 72.8 Å². The molecule has 0 saturated heterocycles. The zero-order chi connectivity index (χ0) is 20.9. The van der Waals surface area contributed by atoms with Crippen LogP contribution in [-0.4, -0.2) is 16.7 Å². The van der Waals surface area contributed by atoms with Gasteiger partial charge in [-0.1, -0.05) is 36.4 Å². The van der Waals surface area contributed by atoms with Crippen molar-refractivity contribution in [2.45, 2.75) is 26.2 Å². The highest BCUT2D eigenvalue weighted by atomic mass is 19.4. The van der Waals surface area contributed by atoms with E-state index in [9.17, 15) is 18.3 Å². The molecule has 0 fully saturated rings. The van der Waals surface area contributed by atoms with Gasteiger partial charge in [-0.25, -0.2) is 0 Å². The van der Waals surface area contributed by atoms with Gasteiger partial charge in [-0.05, 0) is 60.0 Å². The van der Waals surface area contributed by atoms with Gasteiger partial charge in [-0.2, -0.15) is 13.2 Å². The Kier molecular flexibility index (Phi) is 6.56. The summed E-state index contributed by atoms with van der Waals surface area (Å²) >= 11 is 0. The molecule has 152 valence electrons. The van der Waals surface area contributed by atoms with Gasteiger partial charge in [0, 0.05) is 13.1 Å². The van der Waals surface area contributed by atoms with Crippen LogP contribution in [0.1, 0.15) is 22.3 Å². The lowest BCUT2D eigenvalue weighted by molar-refractivity contribution is -0.137. The zero-order valence-electron chi connectivity index (χ0n) is 16.0. The molecule has 3 aromatic rings. The SMILES string of the molecule is Cc1ccccc1CN(CO)Cc1ccc(Oc2ccc(C(F)(F)F)cc2)cc1. The van der Waals surface area contributed by atoms with Crippen LogP contribution in [0.3, 0.4) is 0 Å². The number of nitrogens with zero attached hydrogens (tertiary/aromatic N) is 1. The average molecular weight is 401 g/mol. The molecule has 0 heterocycles. The summed E-state index contributed by atoms with van der Waals surface area (Å²) in [5, 5.41) is 9.69. The molecule has 0 radical (unpaired) electrons. The lowest BCUT2D eigenvalue weighted by atomic mass is 10.1. The van der Waals surface area contributed by atoms with Gasteiger partial charge in [0.25, 0.3) is 0 Å². The van der Waals surface area contributed by atoms with Gasteiger partial charge in [0.05, 0.1) is 12.3 Å². The third kappa shape index (κ3) is 5.82. The Balaban J connectivity index is 1.61. The summed E-state index contributed by atoms with van der Waals surface area (Å²) in [6, 6.07) is 19.9. The monoisotopic (exact) mass is 401 g/mol. The van der Waals surface area contributed by atoms with E-state index in [0.717, 1.165) is 23.3 Å². The summed E-state index contributed by atoms with van der Waals surface area (Å²) in [6.45, 7) is 3.16. The molecule has 6 heteroatoms. The van der Waals surface area contributed by atoms with Crippen molar-refractivity contribution in [2.24, 2.45) is 0 Å². The van der Waals surface area contributed by atoms with Gasteiger partial charge in [0.15, 0.2) is 0 Å². The predicted molar refractivity (Wildman–Crippen MR) is 105 cm³/mol. The molecule has 0 aliphatic heterocycles. The highest BCUT2D eigenvalue weighted by Gasteiger charge is 2.30. The average Bonchev–Trinajstić information content (AvgIpc) is 2.70. The number of rotatable bonds is 7. The van der Waals surface area contributed by atoms with E-state index in [1.54, 1.807) is 12.1 Å². The first kappa shape index (κ1) is 20.9. The normalized spacial score (nSPS) is 11.7. The molecule has 0 aliphatic carbocycles. The quantitative estimate of drug-likeness (QED) is 0.511. The van der Waals surface area contributed by atoms with Crippen molar-refractivity contribution < 1.29 is 23.0 Å². The summed E-state index contributed by atoms with van der Waals surface area (Å²) in [6.07, 6.45) is -4.36. The number of hydrogen-bond acceptors (Lipinski definition) is 3. The van der Waals surface area contributed by atoms with Gasteiger partial charge in [-0.3, -0.25) is 4.90 Å². The molecule has 0 amide bonds. The fourth-order valence-corrected chi connectivity index (χ4v) is 2.95. The fourth-order valence-electron chi connectivity index (χ4n) is 2.95. The van der Waals surface area contributed by atoms with E-state index in [2.05, 4.69) is 0 Å². The third-order valence-corrected chi connectivity index (χ3v) is 4.60. The topological polar surface area (TPSA) is 32.7 Å². The molecule has 3 aromatic carbocycles. The Labute approximate surface area is 168 Å². The molecule has 29 heavy (non-hydrogen) atoms. The van der Waals surface area contributed by atoms with E-state index in [1.165, 1.54) is 17.7 Å². The van der Waals surface area contributed by atoms with Crippen molar-refractivity contribution in [1.29, 1.82) is 0 Å². The second-order valence-corrected chi connectivity index (χ2v) is 6.82. The molecule has 0 aliphatic rings. The minimum absolute atomic E-state index is 0.0713. The maximum absolute atomic E-state index is 12.6. The van der Waals surface area contributed by atoms with Crippen molar-refractivity contribution in [2.75, 3.05) is 6.73 Å². The molecule has 0 aromatic heterocycles. The number of ether oxygens (including phenoxy) is 1. The molecule has 0 saturated carbocycles. The van der Waals surface area contributed by atoms with Crippen LogP contribution in [0, 0.1) is 6.92 Å². The van der Waals surface area contributed by atoms with E-state index in [-0.39, 0.29) is 6.73 Å². The number of aryl methyl sites for hydroxylation is 1. The van der Waals surface area contributed by atoms with Gasteiger partial charge in [0.1, 0.15) is 11.5 Å². The highest BCUT2D eigenvalue weighted by molar-refractivity contribution is 5.35. The summed E-state index contributed by atoms with van der Waals surface area (Å²) in [7, 11) is 0. The van der Waals surface area contributed by atoms with E-state index in [4.69, 9.17) is 4.74 Å². The lowest BCUT2D eigenvalue weighted by Crippen LogP contribution is -2.24. The Morgan fingerprint density at radius 2 is 1.41 bits per heavy atom. The molecule has 0 atom stereocenters. The summed E-state index contributed by atoms with van der Waals surface area (Å²) in [5.41, 5.74) is 2.61. The Hall–Kier alpha value is -2.83. The standard InChI is InChI=1S/C23H22F3NO2/c1-17-4-2-3-5-19(17)15-27(16-28)14-18-6-10-21(11-7-18)29-22-12-8-20(9-13-22)23(24,25)26/h2-13,28H,14-16H2,1H3. The van der Waals surface area contributed by atoms with E-state index in [1.807, 2.05) is 48.2 Å². The van der Waals surface area contributed by atoms with Crippen molar-refractivity contribution in [3.05, 3.63) is 95.1 Å². The first-order chi connectivity index (χ1) is 13.8. The van der Waals surface area contributed by atoms with E-state index < -0.39 is 11.7 Å². The van der Waals surface area contributed by atoms with Crippen LogP contribution in [0.5, 0.6) is 11.5 Å². The molecular formula is C23H22F3NO2. The maximum atomic E-state index is 12.6. The van der Waals surface area contributed by atoms with Crippen LogP contribution in [-0.2, 0) is 19.3 Å². The largest absolute Gasteiger partial charge is 0.457 e. The van der Waals surface area contributed by atoms with Crippen molar-refractivity contribution in [1.82, 2.24) is 4.90 Å². The smallest absolute Gasteiger partial charge is 0.416 e. The van der Waals surface area contributed by atoms with Gasteiger partial charge in [-0.15, -0.1) is 0 Å². The lowest BCUT2D eigenvalue weighted by Gasteiger charge is -2.21.